The first-order valence-corrected chi connectivity index (χ1v) is 5.72. The summed E-state index contributed by atoms with van der Waals surface area (Å²) < 4.78 is 32.2. The average Bonchev–Trinajstić information content (AvgIpc) is 2.30. The standard InChI is InChI=1S/C10H8O3S.CH2O.Ca/c11-14(12,13)10-6-5-8-3-1-2-4-9(8)7-10;1-2;/h1-7H,(H,11,12,13);1H2;/q;;+2/p-1. The monoisotopic (exact) mass is 277 g/mol. The van der Waals surface area contributed by atoms with Crippen molar-refractivity contribution in [3.8, 4) is 0 Å². The molecule has 0 aliphatic carbocycles. The number of fused-ring (bicyclic) bond motifs is 1. The fourth-order valence-corrected chi connectivity index (χ4v) is 1.83. The van der Waals surface area contributed by atoms with Gasteiger partial charge in [-0.15, -0.1) is 0 Å². The smallest absolute Gasteiger partial charge is 0.744 e. The van der Waals surface area contributed by atoms with Crippen LogP contribution in [0.15, 0.2) is 47.4 Å². The second-order valence-electron chi connectivity index (χ2n) is 2.96. The van der Waals surface area contributed by atoms with Crippen molar-refractivity contribution in [2.24, 2.45) is 0 Å². The first kappa shape index (κ1) is 16.5. The summed E-state index contributed by atoms with van der Waals surface area (Å²) in [7, 11) is -4.34. The van der Waals surface area contributed by atoms with Gasteiger partial charge in [0.2, 0.25) is 0 Å². The van der Waals surface area contributed by atoms with Gasteiger partial charge < -0.3 is 9.35 Å². The first-order chi connectivity index (χ1) is 7.57. The van der Waals surface area contributed by atoms with Gasteiger partial charge in [-0.2, -0.15) is 0 Å². The predicted molar refractivity (Wildman–Crippen MR) is 64.8 cm³/mol. The van der Waals surface area contributed by atoms with Gasteiger partial charge >= 0.3 is 37.7 Å². The summed E-state index contributed by atoms with van der Waals surface area (Å²) in [6.45, 7) is 2.00. The molecule has 0 radical (unpaired) electrons. The SMILES string of the molecule is C=O.O=S(=O)([O-])c1ccc2ccccc2c1.[Ca+2]. The van der Waals surface area contributed by atoms with Gasteiger partial charge in [-0.05, 0) is 22.9 Å². The normalized spacial score (nSPS) is 9.94. The van der Waals surface area contributed by atoms with Crippen LogP contribution in [-0.2, 0) is 14.9 Å². The maximum atomic E-state index is 10.7. The predicted octanol–water partition coefficient (Wildman–Crippen LogP) is 1.18. The van der Waals surface area contributed by atoms with E-state index in [1.54, 1.807) is 18.2 Å². The number of hydrogen-bond donors (Lipinski definition) is 0. The largest absolute Gasteiger partial charge is 2.00 e. The quantitative estimate of drug-likeness (QED) is 0.579. The van der Waals surface area contributed by atoms with Crippen LogP contribution in [0.1, 0.15) is 0 Å². The van der Waals surface area contributed by atoms with Crippen LogP contribution in [0, 0.1) is 0 Å². The van der Waals surface area contributed by atoms with E-state index < -0.39 is 10.1 Å². The van der Waals surface area contributed by atoms with Crippen LogP contribution in [0.5, 0.6) is 0 Å². The third kappa shape index (κ3) is 4.37. The van der Waals surface area contributed by atoms with Crippen molar-refractivity contribution in [3.05, 3.63) is 42.5 Å². The molecule has 0 spiro atoms. The minimum Gasteiger partial charge on any atom is -0.744 e. The number of hydrogen-bond acceptors (Lipinski definition) is 4. The van der Waals surface area contributed by atoms with Crippen molar-refractivity contribution in [3.63, 3.8) is 0 Å². The fourth-order valence-electron chi connectivity index (χ4n) is 1.32. The molecule has 2 aromatic rings. The van der Waals surface area contributed by atoms with Crippen LogP contribution >= 0.6 is 0 Å². The Morgan fingerprint density at radius 3 is 2.00 bits per heavy atom. The molecule has 0 heterocycles. The maximum absolute atomic E-state index is 10.7. The van der Waals surface area contributed by atoms with Crippen LogP contribution in [0.25, 0.3) is 10.8 Å². The number of benzene rings is 2. The molecule has 4 nitrogen and oxygen atoms in total. The van der Waals surface area contributed by atoms with E-state index in [9.17, 15) is 13.0 Å². The molecule has 0 aliphatic heterocycles. The van der Waals surface area contributed by atoms with Crippen molar-refractivity contribution >= 4 is 65.4 Å². The summed E-state index contributed by atoms with van der Waals surface area (Å²) in [5.74, 6) is 0. The van der Waals surface area contributed by atoms with Gasteiger partial charge in [0.1, 0.15) is 16.9 Å². The summed E-state index contributed by atoms with van der Waals surface area (Å²) in [5.41, 5.74) is 0. The summed E-state index contributed by atoms with van der Waals surface area (Å²) >= 11 is 0. The minimum atomic E-state index is -4.34. The van der Waals surface area contributed by atoms with E-state index in [0.717, 1.165) is 10.8 Å². The molecule has 6 heteroatoms. The molecule has 0 bridgehead atoms. The molecular formula is C11H9CaO4S+. The number of carbonyl (C=O) groups excluding carboxylic acids is 1. The molecule has 0 saturated heterocycles. The molecule has 2 aromatic carbocycles. The third-order valence-corrected chi connectivity index (χ3v) is 2.84. The van der Waals surface area contributed by atoms with E-state index in [2.05, 4.69) is 0 Å². The summed E-state index contributed by atoms with van der Waals surface area (Å²) in [6, 6.07) is 11.6. The molecule has 0 atom stereocenters. The Hall–Kier alpha value is -0.460. The molecule has 0 aliphatic rings. The Labute approximate surface area is 129 Å². The van der Waals surface area contributed by atoms with Crippen LogP contribution in [0.4, 0.5) is 0 Å². The van der Waals surface area contributed by atoms with E-state index in [1.807, 2.05) is 18.9 Å². The van der Waals surface area contributed by atoms with Crippen molar-refractivity contribution < 1.29 is 17.8 Å². The van der Waals surface area contributed by atoms with Crippen LogP contribution in [0.3, 0.4) is 0 Å². The first-order valence-electron chi connectivity index (χ1n) is 4.31. The molecule has 0 unspecified atom stereocenters. The van der Waals surface area contributed by atoms with Crippen molar-refractivity contribution in [2.75, 3.05) is 0 Å². The van der Waals surface area contributed by atoms with E-state index >= 15 is 0 Å². The van der Waals surface area contributed by atoms with Gasteiger partial charge in [0, 0.05) is 0 Å². The molecule has 0 amide bonds. The van der Waals surface area contributed by atoms with Gasteiger partial charge in [-0.1, -0.05) is 30.3 Å². The molecule has 0 saturated carbocycles. The van der Waals surface area contributed by atoms with Crippen molar-refractivity contribution in [2.45, 2.75) is 4.90 Å². The van der Waals surface area contributed by atoms with E-state index in [-0.39, 0.29) is 42.6 Å². The van der Waals surface area contributed by atoms with Gasteiger partial charge in [0.25, 0.3) is 0 Å². The van der Waals surface area contributed by atoms with Gasteiger partial charge in [0.15, 0.2) is 0 Å². The third-order valence-electron chi connectivity index (χ3n) is 2.01. The molecule has 0 fully saturated rings. The van der Waals surface area contributed by atoms with Gasteiger partial charge in [-0.25, -0.2) is 8.42 Å². The number of carbonyl (C=O) groups is 1. The van der Waals surface area contributed by atoms with Crippen molar-refractivity contribution in [1.82, 2.24) is 0 Å². The summed E-state index contributed by atoms with van der Waals surface area (Å²) in [6.07, 6.45) is 0. The molecule has 0 aromatic heterocycles. The zero-order valence-corrected chi connectivity index (χ0v) is 12.0. The Morgan fingerprint density at radius 1 is 0.941 bits per heavy atom. The molecule has 17 heavy (non-hydrogen) atoms. The Balaban J connectivity index is 0.000000811. The zero-order valence-electron chi connectivity index (χ0n) is 9.00. The van der Waals surface area contributed by atoms with E-state index in [4.69, 9.17) is 4.79 Å². The van der Waals surface area contributed by atoms with Crippen LogP contribution < -0.4 is 0 Å². The molecule has 84 valence electrons. The fraction of sp³-hybridized carbons (Fsp3) is 0. The zero-order chi connectivity index (χ0) is 12.2. The molecule has 0 N–H and O–H groups in total. The van der Waals surface area contributed by atoms with Gasteiger partial charge in [-0.3, -0.25) is 0 Å². The topological polar surface area (TPSA) is 74.3 Å². The summed E-state index contributed by atoms with van der Waals surface area (Å²) in [4.78, 5) is 7.82. The van der Waals surface area contributed by atoms with E-state index in [0.29, 0.717) is 0 Å². The van der Waals surface area contributed by atoms with E-state index in [1.165, 1.54) is 12.1 Å². The maximum Gasteiger partial charge on any atom is 2.00 e. The second kappa shape index (κ2) is 7.08. The molecule has 2 rings (SSSR count). The molecular weight excluding hydrogens is 268 g/mol. The second-order valence-corrected chi connectivity index (χ2v) is 4.34. The van der Waals surface area contributed by atoms with Crippen molar-refractivity contribution in [1.29, 1.82) is 0 Å². The number of rotatable bonds is 1. The summed E-state index contributed by atoms with van der Waals surface area (Å²) in [5, 5.41) is 1.67. The van der Waals surface area contributed by atoms with Gasteiger partial charge in [0.05, 0.1) is 4.90 Å². The van der Waals surface area contributed by atoms with Crippen LogP contribution in [-0.4, -0.2) is 57.5 Å². The minimum absolute atomic E-state index is 0. The van der Waals surface area contributed by atoms with Crippen LogP contribution in [0.2, 0.25) is 0 Å². The Bertz CT molecular complexity index is 595. The Kier molecular flexibility index (Phi) is 6.89. The Morgan fingerprint density at radius 2 is 1.47 bits per heavy atom. The average molecular weight is 277 g/mol.